The summed E-state index contributed by atoms with van der Waals surface area (Å²) in [5, 5.41) is 6.24. The summed E-state index contributed by atoms with van der Waals surface area (Å²) in [4.78, 5) is 24.0. The Morgan fingerprint density at radius 3 is 2.72 bits per heavy atom. The van der Waals surface area contributed by atoms with Crippen LogP contribution in [0.1, 0.15) is 36.1 Å². The van der Waals surface area contributed by atoms with Gasteiger partial charge in [0.15, 0.2) is 0 Å². The summed E-state index contributed by atoms with van der Waals surface area (Å²) < 4.78 is 45.0. The van der Waals surface area contributed by atoms with Crippen molar-refractivity contribution in [3.8, 4) is 5.88 Å². The van der Waals surface area contributed by atoms with Crippen LogP contribution >= 0.6 is 0 Å². The number of halogens is 3. The lowest BCUT2D eigenvalue weighted by Crippen LogP contribution is -2.15. The average Bonchev–Trinajstić information content (AvgIpc) is 3.08. The van der Waals surface area contributed by atoms with Crippen molar-refractivity contribution in [3.63, 3.8) is 0 Å². The van der Waals surface area contributed by atoms with E-state index >= 15 is 0 Å². The van der Waals surface area contributed by atoms with Crippen LogP contribution in [0.15, 0.2) is 18.3 Å². The number of ether oxygens (including phenoxy) is 1. The van der Waals surface area contributed by atoms with Gasteiger partial charge in [-0.05, 0) is 44.9 Å². The van der Waals surface area contributed by atoms with E-state index in [0.29, 0.717) is 35.1 Å². The average molecular weight is 408 g/mol. The molecule has 0 aromatic carbocycles. The number of pyridine rings is 1. The molecule has 0 spiro atoms. The highest BCUT2D eigenvalue weighted by atomic mass is 19.4. The molecule has 0 aliphatic rings. The number of nitrogens with one attached hydrogen (secondary N) is 1. The van der Waals surface area contributed by atoms with Crippen molar-refractivity contribution in [3.05, 3.63) is 41.1 Å². The third-order valence-electron chi connectivity index (χ3n) is 4.23. The van der Waals surface area contributed by atoms with Gasteiger partial charge in [0, 0.05) is 24.0 Å². The van der Waals surface area contributed by atoms with Crippen molar-refractivity contribution in [2.24, 2.45) is 0 Å². The maximum absolute atomic E-state index is 12.9. The van der Waals surface area contributed by atoms with E-state index < -0.39 is 12.0 Å². The summed E-state index contributed by atoms with van der Waals surface area (Å²) in [5.74, 6) is -1.34. The van der Waals surface area contributed by atoms with Gasteiger partial charge in [-0.3, -0.25) is 4.79 Å². The first-order chi connectivity index (χ1) is 13.7. The Bertz CT molecular complexity index is 1050. The van der Waals surface area contributed by atoms with Crippen LogP contribution in [0, 0.1) is 13.8 Å². The molecule has 3 heterocycles. The first kappa shape index (κ1) is 20.5. The lowest BCUT2D eigenvalue weighted by atomic mass is 10.1. The van der Waals surface area contributed by atoms with Gasteiger partial charge < -0.3 is 10.1 Å². The van der Waals surface area contributed by atoms with Crippen LogP contribution in [0.3, 0.4) is 0 Å². The molecule has 3 aromatic heterocycles. The predicted molar refractivity (Wildman–Crippen MR) is 97.6 cm³/mol. The molecule has 1 amide bonds. The van der Waals surface area contributed by atoms with Crippen molar-refractivity contribution in [1.82, 2.24) is 24.6 Å². The molecule has 8 nitrogen and oxygen atoms in total. The zero-order valence-corrected chi connectivity index (χ0v) is 16.0. The summed E-state index contributed by atoms with van der Waals surface area (Å²) in [5.41, 5.74) is 2.05. The van der Waals surface area contributed by atoms with Gasteiger partial charge in [-0.25, -0.2) is 14.5 Å². The van der Waals surface area contributed by atoms with Gasteiger partial charge in [0.25, 0.3) is 11.6 Å². The molecule has 0 fully saturated rings. The lowest BCUT2D eigenvalue weighted by Gasteiger charge is -2.12. The molecular weight excluding hydrogens is 389 g/mol. The minimum absolute atomic E-state index is 0.0934. The smallest absolute Gasteiger partial charge is 0.453 e. The Balaban J connectivity index is 1.77. The number of carbonyl (C=O) groups excluding carboxylic acids is 1. The third kappa shape index (κ3) is 4.44. The summed E-state index contributed by atoms with van der Waals surface area (Å²) in [6.07, 6.45) is -2.73. The number of amides is 1. The SMILES string of the molecule is CCOc1ncccc1NC(=O)CCc1c(C)nc2nc(C(F)(F)F)nn2c1C. The number of fused-ring (bicyclic) bond motifs is 1. The minimum Gasteiger partial charge on any atom is -0.476 e. The maximum Gasteiger partial charge on any atom is 0.453 e. The van der Waals surface area contributed by atoms with Gasteiger partial charge in [-0.15, -0.1) is 5.10 Å². The standard InChI is InChI=1S/C18H19F3N6O2/c1-4-29-15-13(6-5-9-22-15)24-14(28)8-7-12-10(2)23-17-25-16(18(19,20)21)26-27(17)11(12)3/h5-6,9H,4,7-8H2,1-3H3,(H,24,28). The van der Waals surface area contributed by atoms with Crippen molar-refractivity contribution in [2.45, 2.75) is 39.8 Å². The number of nitrogens with zero attached hydrogens (tertiary/aromatic N) is 5. The van der Waals surface area contributed by atoms with Crippen LogP contribution in [0.25, 0.3) is 5.78 Å². The largest absolute Gasteiger partial charge is 0.476 e. The van der Waals surface area contributed by atoms with Crippen molar-refractivity contribution < 1.29 is 22.7 Å². The Hall–Kier alpha value is -3.24. The summed E-state index contributed by atoms with van der Waals surface area (Å²) in [6.45, 7) is 5.50. The van der Waals surface area contributed by atoms with Crippen LogP contribution in [-0.2, 0) is 17.4 Å². The fourth-order valence-electron chi connectivity index (χ4n) is 2.88. The minimum atomic E-state index is -4.66. The Morgan fingerprint density at radius 2 is 2.03 bits per heavy atom. The molecule has 0 saturated carbocycles. The summed E-state index contributed by atoms with van der Waals surface area (Å²) in [7, 11) is 0. The Labute approximate surface area is 164 Å². The second-order valence-electron chi connectivity index (χ2n) is 6.24. The number of anilines is 1. The van der Waals surface area contributed by atoms with E-state index in [1.54, 1.807) is 32.2 Å². The fraction of sp³-hybridized carbons (Fsp3) is 0.389. The van der Waals surface area contributed by atoms with E-state index in [4.69, 9.17) is 4.74 Å². The number of carbonyl (C=O) groups is 1. The van der Waals surface area contributed by atoms with Gasteiger partial charge in [-0.1, -0.05) is 0 Å². The monoisotopic (exact) mass is 408 g/mol. The molecule has 3 rings (SSSR count). The van der Waals surface area contributed by atoms with E-state index in [1.165, 1.54) is 0 Å². The molecular formula is C18H19F3N6O2. The molecule has 11 heteroatoms. The van der Waals surface area contributed by atoms with Crippen LogP contribution < -0.4 is 10.1 Å². The first-order valence-corrected chi connectivity index (χ1v) is 8.88. The van der Waals surface area contributed by atoms with E-state index in [9.17, 15) is 18.0 Å². The van der Waals surface area contributed by atoms with Crippen molar-refractivity contribution in [2.75, 3.05) is 11.9 Å². The zero-order valence-electron chi connectivity index (χ0n) is 16.0. The highest BCUT2D eigenvalue weighted by Gasteiger charge is 2.36. The molecule has 0 unspecified atom stereocenters. The molecule has 29 heavy (non-hydrogen) atoms. The highest BCUT2D eigenvalue weighted by molar-refractivity contribution is 5.92. The van der Waals surface area contributed by atoms with Gasteiger partial charge in [0.2, 0.25) is 11.8 Å². The molecule has 3 aromatic rings. The number of rotatable bonds is 6. The normalized spacial score (nSPS) is 11.7. The number of aromatic nitrogens is 5. The number of hydrogen-bond donors (Lipinski definition) is 1. The quantitative estimate of drug-likeness (QED) is 0.674. The Morgan fingerprint density at radius 1 is 1.28 bits per heavy atom. The van der Waals surface area contributed by atoms with Crippen LogP contribution in [-0.4, -0.2) is 37.1 Å². The highest BCUT2D eigenvalue weighted by Crippen LogP contribution is 2.27. The first-order valence-electron chi connectivity index (χ1n) is 8.88. The van der Waals surface area contributed by atoms with Gasteiger partial charge in [0.1, 0.15) is 5.69 Å². The molecule has 154 valence electrons. The summed E-state index contributed by atoms with van der Waals surface area (Å²) in [6, 6.07) is 3.35. The van der Waals surface area contributed by atoms with E-state index in [-0.39, 0.29) is 24.5 Å². The van der Waals surface area contributed by atoms with E-state index in [0.717, 1.165) is 4.52 Å². The Kier molecular flexibility index (Phi) is 5.66. The number of hydrogen-bond acceptors (Lipinski definition) is 6. The molecule has 0 saturated heterocycles. The van der Waals surface area contributed by atoms with Crippen LogP contribution in [0.2, 0.25) is 0 Å². The van der Waals surface area contributed by atoms with E-state index in [1.807, 2.05) is 6.92 Å². The fourth-order valence-corrected chi connectivity index (χ4v) is 2.88. The third-order valence-corrected chi connectivity index (χ3v) is 4.23. The van der Waals surface area contributed by atoms with Gasteiger partial charge in [0.05, 0.1) is 6.61 Å². The van der Waals surface area contributed by atoms with Crippen LogP contribution in [0.5, 0.6) is 5.88 Å². The second-order valence-corrected chi connectivity index (χ2v) is 6.24. The van der Waals surface area contributed by atoms with Gasteiger partial charge in [-0.2, -0.15) is 18.2 Å². The second kappa shape index (κ2) is 8.02. The topological polar surface area (TPSA) is 94.3 Å². The summed E-state index contributed by atoms with van der Waals surface area (Å²) >= 11 is 0. The molecule has 0 aliphatic heterocycles. The number of aryl methyl sites for hydroxylation is 2. The van der Waals surface area contributed by atoms with Crippen LogP contribution in [0.4, 0.5) is 18.9 Å². The molecule has 0 atom stereocenters. The zero-order chi connectivity index (χ0) is 21.2. The van der Waals surface area contributed by atoms with Crippen molar-refractivity contribution >= 4 is 17.4 Å². The predicted octanol–water partition coefficient (Wildman–Crippen LogP) is 3.12. The molecule has 1 N–H and O–H groups in total. The maximum atomic E-state index is 12.9. The van der Waals surface area contributed by atoms with Crippen molar-refractivity contribution in [1.29, 1.82) is 0 Å². The number of alkyl halides is 3. The van der Waals surface area contributed by atoms with E-state index in [2.05, 4.69) is 25.4 Å². The molecule has 0 bridgehead atoms. The molecule has 0 radical (unpaired) electrons. The molecule has 0 aliphatic carbocycles. The van der Waals surface area contributed by atoms with Gasteiger partial charge >= 0.3 is 6.18 Å². The lowest BCUT2D eigenvalue weighted by molar-refractivity contribution is -0.144.